The van der Waals surface area contributed by atoms with Crippen LogP contribution in [0.2, 0.25) is 0 Å². The zero-order valence-electron chi connectivity index (χ0n) is 18.5. The maximum atomic E-state index is 12.6. The van der Waals surface area contributed by atoms with Crippen molar-refractivity contribution in [2.45, 2.75) is 32.9 Å². The number of furan rings is 1. The molecule has 7 nitrogen and oxygen atoms in total. The summed E-state index contributed by atoms with van der Waals surface area (Å²) in [7, 11) is 0. The number of morpholine rings is 1. The lowest BCUT2D eigenvalue weighted by Crippen LogP contribution is -2.44. The Morgan fingerprint density at radius 3 is 2.69 bits per heavy atom. The number of carbonyl (C=O) groups is 1. The first-order valence-corrected chi connectivity index (χ1v) is 11.7. The van der Waals surface area contributed by atoms with Crippen LogP contribution in [-0.2, 0) is 22.6 Å². The van der Waals surface area contributed by atoms with Crippen molar-refractivity contribution in [3.05, 3.63) is 69.6 Å². The van der Waals surface area contributed by atoms with Crippen LogP contribution in [0.3, 0.4) is 0 Å². The van der Waals surface area contributed by atoms with Crippen LogP contribution in [0, 0.1) is 13.8 Å². The molecule has 3 heterocycles. The molecule has 32 heavy (non-hydrogen) atoms. The number of nitrogens with one attached hydrogen (secondary N) is 1. The lowest BCUT2D eigenvalue weighted by Gasteiger charge is -2.33. The van der Waals surface area contributed by atoms with Crippen LogP contribution in [0.4, 0.5) is 0 Å². The topological polar surface area (TPSA) is 76.8 Å². The van der Waals surface area contributed by atoms with Crippen molar-refractivity contribution in [3.8, 4) is 5.75 Å². The molecule has 1 unspecified atom stereocenters. The molecule has 0 saturated carbocycles. The second-order valence-corrected chi connectivity index (χ2v) is 8.87. The van der Waals surface area contributed by atoms with Gasteiger partial charge in [-0.05, 0) is 38.1 Å². The number of ether oxygens (including phenoxy) is 2. The minimum Gasteiger partial charge on any atom is -0.486 e. The fourth-order valence-electron chi connectivity index (χ4n) is 3.64. The number of benzene rings is 1. The lowest BCUT2D eigenvalue weighted by molar-refractivity contribution is -0.120. The fourth-order valence-corrected chi connectivity index (χ4v) is 4.35. The lowest BCUT2D eigenvalue weighted by atomic mass is 10.1. The van der Waals surface area contributed by atoms with Gasteiger partial charge in [0.1, 0.15) is 28.9 Å². The smallest absolute Gasteiger partial charge is 0.226 e. The number of aromatic nitrogens is 1. The largest absolute Gasteiger partial charge is 0.486 e. The van der Waals surface area contributed by atoms with Crippen LogP contribution in [0.5, 0.6) is 5.75 Å². The Balaban J connectivity index is 1.29. The molecular formula is C24H29N3O4S. The molecule has 170 valence electrons. The number of nitrogens with zero attached hydrogens (tertiary/aromatic N) is 2. The first-order chi connectivity index (χ1) is 15.6. The molecule has 0 aliphatic carbocycles. The standard InChI is InChI=1S/C24H29N3O4S/c1-17-3-6-20(7-4-17)30-15-24-26-19(16-32-24)13-23(28)25-14-21(22-8-5-18(2)31-22)27-9-11-29-12-10-27/h3-8,16,21H,9-15H2,1-2H3,(H,25,28). The van der Waals surface area contributed by atoms with Gasteiger partial charge in [-0.2, -0.15) is 0 Å². The van der Waals surface area contributed by atoms with Gasteiger partial charge in [0.2, 0.25) is 5.91 Å². The molecule has 1 aliphatic heterocycles. The van der Waals surface area contributed by atoms with E-state index < -0.39 is 0 Å². The van der Waals surface area contributed by atoms with Gasteiger partial charge in [-0.25, -0.2) is 4.98 Å². The van der Waals surface area contributed by atoms with Gasteiger partial charge in [-0.3, -0.25) is 9.69 Å². The minimum atomic E-state index is -0.0529. The molecule has 1 fully saturated rings. The second kappa shape index (κ2) is 10.8. The van der Waals surface area contributed by atoms with Crippen LogP contribution >= 0.6 is 11.3 Å². The number of hydrogen-bond acceptors (Lipinski definition) is 7. The molecule has 4 rings (SSSR count). The van der Waals surface area contributed by atoms with Crippen molar-refractivity contribution in [2.75, 3.05) is 32.8 Å². The van der Waals surface area contributed by atoms with Crippen molar-refractivity contribution in [3.63, 3.8) is 0 Å². The normalized spacial score (nSPS) is 15.4. The first-order valence-electron chi connectivity index (χ1n) is 10.8. The highest BCUT2D eigenvalue weighted by atomic mass is 32.1. The first kappa shape index (κ1) is 22.5. The average Bonchev–Trinajstić information content (AvgIpc) is 3.43. The second-order valence-electron chi connectivity index (χ2n) is 7.93. The van der Waals surface area contributed by atoms with Crippen molar-refractivity contribution < 1.29 is 18.7 Å². The van der Waals surface area contributed by atoms with Crippen molar-refractivity contribution in [1.82, 2.24) is 15.2 Å². The van der Waals surface area contributed by atoms with E-state index in [1.807, 2.05) is 55.6 Å². The van der Waals surface area contributed by atoms with E-state index in [1.165, 1.54) is 16.9 Å². The van der Waals surface area contributed by atoms with E-state index in [2.05, 4.69) is 15.2 Å². The quantitative estimate of drug-likeness (QED) is 0.531. The molecule has 1 aliphatic rings. The van der Waals surface area contributed by atoms with Gasteiger partial charge in [0.25, 0.3) is 0 Å². The minimum absolute atomic E-state index is 0.00884. The Morgan fingerprint density at radius 1 is 1.19 bits per heavy atom. The summed E-state index contributed by atoms with van der Waals surface area (Å²) < 4.78 is 17.1. The summed E-state index contributed by atoms with van der Waals surface area (Å²) in [5, 5.41) is 5.83. The molecule has 1 saturated heterocycles. The van der Waals surface area contributed by atoms with E-state index >= 15 is 0 Å². The van der Waals surface area contributed by atoms with Gasteiger partial charge < -0.3 is 19.2 Å². The molecule has 1 amide bonds. The van der Waals surface area contributed by atoms with Crippen LogP contribution < -0.4 is 10.1 Å². The van der Waals surface area contributed by atoms with E-state index in [1.54, 1.807) is 0 Å². The van der Waals surface area contributed by atoms with Gasteiger partial charge >= 0.3 is 0 Å². The third-order valence-electron chi connectivity index (χ3n) is 5.39. The number of amides is 1. The molecule has 1 N–H and O–H groups in total. The zero-order chi connectivity index (χ0) is 22.3. The molecule has 0 radical (unpaired) electrons. The Labute approximate surface area is 192 Å². The average molecular weight is 456 g/mol. The van der Waals surface area contributed by atoms with E-state index in [-0.39, 0.29) is 18.4 Å². The van der Waals surface area contributed by atoms with Crippen LogP contribution in [-0.4, -0.2) is 48.6 Å². The van der Waals surface area contributed by atoms with Crippen LogP contribution in [0.15, 0.2) is 46.2 Å². The number of aryl methyl sites for hydroxylation is 2. The summed E-state index contributed by atoms with van der Waals surface area (Å²) in [6, 6.07) is 11.9. The zero-order valence-corrected chi connectivity index (χ0v) is 19.3. The maximum absolute atomic E-state index is 12.6. The molecule has 8 heteroatoms. The van der Waals surface area contributed by atoms with E-state index in [9.17, 15) is 4.79 Å². The molecule has 2 aromatic heterocycles. The summed E-state index contributed by atoms with van der Waals surface area (Å²) in [5.74, 6) is 2.50. The monoisotopic (exact) mass is 455 g/mol. The van der Waals surface area contributed by atoms with Crippen molar-refractivity contribution in [1.29, 1.82) is 0 Å². The number of thiazole rings is 1. The highest BCUT2D eigenvalue weighted by molar-refractivity contribution is 7.09. The molecule has 0 spiro atoms. The molecule has 1 atom stereocenters. The van der Waals surface area contributed by atoms with Crippen LogP contribution in [0.25, 0.3) is 0 Å². The van der Waals surface area contributed by atoms with Crippen molar-refractivity contribution >= 4 is 17.2 Å². The SMILES string of the molecule is Cc1ccc(OCc2nc(CC(=O)NCC(c3ccc(C)o3)N3CCOCC3)cs2)cc1. The molecular weight excluding hydrogens is 426 g/mol. The van der Waals surface area contributed by atoms with Gasteiger partial charge in [0.05, 0.1) is 31.4 Å². The Hall–Kier alpha value is -2.68. The highest BCUT2D eigenvalue weighted by Crippen LogP contribution is 2.23. The Kier molecular flexibility index (Phi) is 7.57. The third kappa shape index (κ3) is 6.18. The highest BCUT2D eigenvalue weighted by Gasteiger charge is 2.25. The van der Waals surface area contributed by atoms with Crippen LogP contribution in [0.1, 0.15) is 33.8 Å². The van der Waals surface area contributed by atoms with E-state index in [0.29, 0.717) is 26.4 Å². The summed E-state index contributed by atoms with van der Waals surface area (Å²) in [6.07, 6.45) is 0.244. The Bertz CT molecular complexity index is 1010. The van der Waals surface area contributed by atoms with Gasteiger partial charge in [-0.15, -0.1) is 11.3 Å². The molecule has 0 bridgehead atoms. The molecule has 3 aromatic rings. The van der Waals surface area contributed by atoms with Gasteiger partial charge in [0, 0.05) is 25.0 Å². The third-order valence-corrected chi connectivity index (χ3v) is 6.26. The number of hydrogen-bond donors (Lipinski definition) is 1. The summed E-state index contributed by atoms with van der Waals surface area (Å²) >= 11 is 1.51. The Morgan fingerprint density at radius 2 is 1.97 bits per heavy atom. The summed E-state index contributed by atoms with van der Waals surface area (Å²) in [4.78, 5) is 19.5. The molecule has 1 aromatic carbocycles. The summed E-state index contributed by atoms with van der Waals surface area (Å²) in [5.41, 5.74) is 1.95. The van der Waals surface area contributed by atoms with Crippen molar-refractivity contribution in [2.24, 2.45) is 0 Å². The van der Waals surface area contributed by atoms with Gasteiger partial charge in [-0.1, -0.05) is 17.7 Å². The van der Waals surface area contributed by atoms with E-state index in [4.69, 9.17) is 13.9 Å². The summed E-state index contributed by atoms with van der Waals surface area (Å²) in [6.45, 7) is 7.87. The predicted molar refractivity (Wildman–Crippen MR) is 123 cm³/mol. The number of rotatable bonds is 9. The maximum Gasteiger partial charge on any atom is 0.226 e. The van der Waals surface area contributed by atoms with E-state index in [0.717, 1.165) is 41.1 Å². The van der Waals surface area contributed by atoms with Gasteiger partial charge in [0.15, 0.2) is 0 Å². The fraction of sp³-hybridized carbons (Fsp3) is 0.417. The predicted octanol–water partition coefficient (Wildman–Crippen LogP) is 3.66. The number of carbonyl (C=O) groups excluding carboxylic acids is 1.